The van der Waals surface area contributed by atoms with Crippen LogP contribution >= 0.6 is 0 Å². The Morgan fingerprint density at radius 1 is 1.09 bits per heavy atom. The van der Waals surface area contributed by atoms with Crippen LogP contribution in [0.4, 0.5) is 0 Å². The summed E-state index contributed by atoms with van der Waals surface area (Å²) < 4.78 is 5.35. The molecule has 0 aliphatic carbocycles. The molecule has 0 amide bonds. The molecule has 1 rings (SSSR count). The minimum Gasteiger partial charge on any atom is -0.390 e. The molecular weight excluding hydrogens is 140 g/mol. The second kappa shape index (κ2) is 3.11. The van der Waals surface area contributed by atoms with E-state index < -0.39 is 0 Å². The molecule has 2 heteroatoms. The molecule has 1 N–H and O–H groups in total. The highest BCUT2D eigenvalue weighted by Crippen LogP contribution is 2.33. The second-order valence-electron chi connectivity index (χ2n) is 4.04. The van der Waals surface area contributed by atoms with Gasteiger partial charge in [0.15, 0.2) is 0 Å². The molecule has 0 radical (unpaired) electrons. The van der Waals surface area contributed by atoms with Gasteiger partial charge in [0, 0.05) is 0 Å². The van der Waals surface area contributed by atoms with Gasteiger partial charge in [0.2, 0.25) is 0 Å². The van der Waals surface area contributed by atoms with Gasteiger partial charge >= 0.3 is 0 Å². The third kappa shape index (κ3) is 1.94. The van der Waals surface area contributed by atoms with Crippen LogP contribution in [0.5, 0.6) is 0 Å². The quantitative estimate of drug-likeness (QED) is 0.630. The van der Waals surface area contributed by atoms with E-state index in [-0.39, 0.29) is 12.2 Å². The van der Waals surface area contributed by atoms with Gasteiger partial charge in [0.05, 0.1) is 12.2 Å². The van der Waals surface area contributed by atoms with Gasteiger partial charge in [-0.25, -0.2) is 0 Å². The normalized spacial score (nSPS) is 33.0. The Morgan fingerprint density at radius 3 is 1.91 bits per heavy atom. The van der Waals surface area contributed by atoms with Crippen LogP contribution in [0, 0.1) is 11.8 Å². The lowest BCUT2D eigenvalue weighted by atomic mass is 9.98. The summed E-state index contributed by atoms with van der Waals surface area (Å²) in [6.07, 6.45) is 0.129. The molecule has 1 heterocycles. The molecule has 0 aromatic rings. The summed E-state index contributed by atoms with van der Waals surface area (Å²) in [4.78, 5) is 0. The molecule has 66 valence electrons. The summed E-state index contributed by atoms with van der Waals surface area (Å²) in [5.74, 6) is 0.845. The van der Waals surface area contributed by atoms with Crippen LogP contribution in [-0.4, -0.2) is 23.4 Å². The van der Waals surface area contributed by atoms with Crippen molar-refractivity contribution >= 4 is 0 Å². The number of ether oxygens (including phenoxy) is 1. The number of epoxide rings is 1. The van der Waals surface area contributed by atoms with E-state index in [1.807, 2.05) is 13.8 Å². The smallest absolute Gasteiger partial charge is 0.110 e. The fraction of sp³-hybridized carbons (Fsp3) is 1.00. The lowest BCUT2D eigenvalue weighted by Gasteiger charge is -2.11. The van der Waals surface area contributed by atoms with Crippen molar-refractivity contribution < 1.29 is 9.84 Å². The van der Waals surface area contributed by atoms with E-state index in [0.29, 0.717) is 17.9 Å². The zero-order valence-corrected chi connectivity index (χ0v) is 7.74. The summed E-state index contributed by atoms with van der Waals surface area (Å²) >= 11 is 0. The maximum absolute atomic E-state index is 9.56. The Balaban J connectivity index is 2.31. The van der Waals surface area contributed by atoms with Gasteiger partial charge < -0.3 is 9.84 Å². The van der Waals surface area contributed by atoms with Gasteiger partial charge in [-0.2, -0.15) is 0 Å². The van der Waals surface area contributed by atoms with Gasteiger partial charge in [-0.15, -0.1) is 0 Å². The van der Waals surface area contributed by atoms with Crippen molar-refractivity contribution in [3.63, 3.8) is 0 Å². The summed E-state index contributed by atoms with van der Waals surface area (Å²) in [6, 6.07) is 0. The van der Waals surface area contributed by atoms with E-state index in [2.05, 4.69) is 13.8 Å². The highest BCUT2D eigenvalue weighted by atomic mass is 16.6. The number of aliphatic hydroxyl groups is 1. The highest BCUT2D eigenvalue weighted by Gasteiger charge is 2.46. The zero-order valence-electron chi connectivity index (χ0n) is 7.74. The second-order valence-corrected chi connectivity index (χ2v) is 4.04. The highest BCUT2D eigenvalue weighted by molar-refractivity contribution is 4.93. The van der Waals surface area contributed by atoms with E-state index in [1.165, 1.54) is 0 Å². The molecule has 0 saturated carbocycles. The zero-order chi connectivity index (χ0) is 8.59. The van der Waals surface area contributed by atoms with Crippen molar-refractivity contribution in [2.75, 3.05) is 0 Å². The molecule has 1 aliphatic rings. The minimum atomic E-state index is -0.276. The maximum atomic E-state index is 9.56. The largest absolute Gasteiger partial charge is 0.390 e. The summed E-state index contributed by atoms with van der Waals surface area (Å²) in [7, 11) is 0. The molecule has 0 spiro atoms. The van der Waals surface area contributed by atoms with E-state index >= 15 is 0 Å². The molecule has 1 fully saturated rings. The van der Waals surface area contributed by atoms with Crippen LogP contribution in [-0.2, 0) is 4.74 Å². The van der Waals surface area contributed by atoms with Crippen LogP contribution in [0.3, 0.4) is 0 Å². The Kier molecular flexibility index (Phi) is 2.55. The van der Waals surface area contributed by atoms with Crippen molar-refractivity contribution in [3.8, 4) is 0 Å². The van der Waals surface area contributed by atoms with Crippen molar-refractivity contribution in [1.29, 1.82) is 0 Å². The van der Waals surface area contributed by atoms with Crippen LogP contribution in [0.1, 0.15) is 27.7 Å². The SMILES string of the molecule is CC(C)[C@@H](O)[C@H]1O[C@H]1C(C)C. The molecule has 2 nitrogen and oxygen atoms in total. The van der Waals surface area contributed by atoms with Crippen LogP contribution in [0.2, 0.25) is 0 Å². The van der Waals surface area contributed by atoms with Gasteiger partial charge in [0.1, 0.15) is 6.10 Å². The van der Waals surface area contributed by atoms with Gasteiger partial charge in [0.25, 0.3) is 0 Å². The molecule has 1 saturated heterocycles. The maximum Gasteiger partial charge on any atom is 0.110 e. The van der Waals surface area contributed by atoms with E-state index in [0.717, 1.165) is 0 Å². The molecule has 0 aromatic carbocycles. The molecule has 3 atom stereocenters. The third-order valence-electron chi connectivity index (χ3n) is 2.24. The Morgan fingerprint density at radius 2 is 1.64 bits per heavy atom. The molecule has 0 bridgehead atoms. The number of aliphatic hydroxyl groups excluding tert-OH is 1. The van der Waals surface area contributed by atoms with Crippen molar-refractivity contribution in [1.82, 2.24) is 0 Å². The summed E-state index contributed by atoms with van der Waals surface area (Å²) in [5.41, 5.74) is 0. The Labute approximate surface area is 68.6 Å². The Bertz CT molecular complexity index is 132. The third-order valence-corrected chi connectivity index (χ3v) is 2.24. The molecule has 11 heavy (non-hydrogen) atoms. The monoisotopic (exact) mass is 158 g/mol. The fourth-order valence-electron chi connectivity index (χ4n) is 1.33. The average molecular weight is 158 g/mol. The first-order chi connectivity index (χ1) is 5.04. The topological polar surface area (TPSA) is 32.8 Å². The van der Waals surface area contributed by atoms with Gasteiger partial charge in [-0.3, -0.25) is 0 Å². The molecule has 0 unspecified atom stereocenters. The first kappa shape index (κ1) is 9.01. The lowest BCUT2D eigenvalue weighted by Crippen LogP contribution is -2.24. The fourth-order valence-corrected chi connectivity index (χ4v) is 1.33. The molecule has 1 aliphatic heterocycles. The summed E-state index contributed by atoms with van der Waals surface area (Å²) in [6.45, 7) is 8.28. The van der Waals surface area contributed by atoms with E-state index in [4.69, 9.17) is 4.74 Å². The lowest BCUT2D eigenvalue weighted by molar-refractivity contribution is 0.0922. The predicted molar refractivity (Wildman–Crippen MR) is 44.3 cm³/mol. The van der Waals surface area contributed by atoms with Crippen LogP contribution in [0.15, 0.2) is 0 Å². The summed E-state index contributed by atoms with van der Waals surface area (Å²) in [5, 5.41) is 9.56. The first-order valence-electron chi connectivity index (χ1n) is 4.37. The van der Waals surface area contributed by atoms with Crippen molar-refractivity contribution in [3.05, 3.63) is 0 Å². The van der Waals surface area contributed by atoms with Gasteiger partial charge in [-0.05, 0) is 11.8 Å². The average Bonchev–Trinajstić information content (AvgIpc) is 2.63. The molecule has 0 aromatic heterocycles. The van der Waals surface area contributed by atoms with Crippen molar-refractivity contribution in [2.24, 2.45) is 11.8 Å². The number of hydrogen-bond acceptors (Lipinski definition) is 2. The molecular formula is C9H18O2. The number of rotatable bonds is 3. The van der Waals surface area contributed by atoms with Gasteiger partial charge in [-0.1, -0.05) is 27.7 Å². The predicted octanol–water partition coefficient (Wildman–Crippen LogP) is 1.43. The van der Waals surface area contributed by atoms with Crippen LogP contribution < -0.4 is 0 Å². The minimum absolute atomic E-state index is 0.106. The Hall–Kier alpha value is -0.0800. The standard InChI is InChI=1S/C9H18O2/c1-5(2)7(10)9-8(11-9)6(3)4/h5-10H,1-4H3/t7-,8+,9-/m1/s1. The van der Waals surface area contributed by atoms with E-state index in [1.54, 1.807) is 0 Å². The first-order valence-corrected chi connectivity index (χ1v) is 4.37. The van der Waals surface area contributed by atoms with E-state index in [9.17, 15) is 5.11 Å². The van der Waals surface area contributed by atoms with Crippen LogP contribution in [0.25, 0.3) is 0 Å². The van der Waals surface area contributed by atoms with Crippen molar-refractivity contribution in [2.45, 2.75) is 46.0 Å². The number of hydrogen-bond donors (Lipinski definition) is 1.